The largest absolute Gasteiger partial charge is 0.377 e. The maximum Gasteiger partial charge on any atom is 0.255 e. The molecule has 0 saturated heterocycles. The van der Waals surface area contributed by atoms with Crippen molar-refractivity contribution in [2.45, 2.75) is 39.7 Å². The summed E-state index contributed by atoms with van der Waals surface area (Å²) in [5.74, 6) is 0.529. The highest BCUT2D eigenvalue weighted by Gasteiger charge is 2.09. The van der Waals surface area contributed by atoms with Gasteiger partial charge < -0.3 is 10.2 Å². The summed E-state index contributed by atoms with van der Waals surface area (Å²) >= 11 is 0. The van der Waals surface area contributed by atoms with Gasteiger partial charge in [-0.05, 0) is 31.4 Å². The van der Waals surface area contributed by atoms with Gasteiger partial charge in [0, 0.05) is 37.6 Å². The van der Waals surface area contributed by atoms with Crippen molar-refractivity contribution in [3.8, 4) is 0 Å². The summed E-state index contributed by atoms with van der Waals surface area (Å²) in [6, 6.07) is 8.18. The molecule has 2 N–H and O–H groups in total. The zero-order valence-corrected chi connectivity index (χ0v) is 14.4. The quantitative estimate of drug-likeness (QED) is 0.824. The predicted molar refractivity (Wildman–Crippen MR) is 96.3 cm³/mol. The van der Waals surface area contributed by atoms with Gasteiger partial charge in [-0.15, -0.1) is 0 Å². The van der Waals surface area contributed by atoms with Gasteiger partial charge in [-0.25, -0.2) is 4.98 Å². The first-order chi connectivity index (χ1) is 11.0. The number of aromatic amines is 1. The van der Waals surface area contributed by atoms with Crippen LogP contribution in [0.25, 0.3) is 0 Å². The van der Waals surface area contributed by atoms with E-state index in [0.29, 0.717) is 12.5 Å². The summed E-state index contributed by atoms with van der Waals surface area (Å²) in [4.78, 5) is 21.6. The van der Waals surface area contributed by atoms with Gasteiger partial charge in [-0.3, -0.25) is 9.78 Å². The molecule has 0 amide bonds. The van der Waals surface area contributed by atoms with Gasteiger partial charge in [-0.1, -0.05) is 31.5 Å². The first-order valence-electron chi connectivity index (χ1n) is 8.11. The molecule has 5 nitrogen and oxygen atoms in total. The van der Waals surface area contributed by atoms with E-state index in [2.05, 4.69) is 39.2 Å². The topological polar surface area (TPSA) is 61.0 Å². The molecule has 0 atom stereocenters. The number of nitrogens with zero attached hydrogens (tertiary/aromatic N) is 2. The highest BCUT2D eigenvalue weighted by atomic mass is 16.1. The molecular weight excluding hydrogens is 288 g/mol. The SMILES string of the molecule is CCCCc1c(C)nc(NCc2ccccc2N(C)C)[nH]c1=O. The van der Waals surface area contributed by atoms with E-state index in [4.69, 9.17) is 0 Å². The molecule has 1 heterocycles. The van der Waals surface area contributed by atoms with E-state index in [1.54, 1.807) is 0 Å². The van der Waals surface area contributed by atoms with Crippen LogP contribution in [0, 0.1) is 6.92 Å². The molecule has 0 fully saturated rings. The zero-order valence-electron chi connectivity index (χ0n) is 14.4. The van der Waals surface area contributed by atoms with Crippen LogP contribution < -0.4 is 15.8 Å². The lowest BCUT2D eigenvalue weighted by atomic mass is 10.1. The van der Waals surface area contributed by atoms with E-state index in [1.807, 2.05) is 33.2 Å². The third-order valence-corrected chi connectivity index (χ3v) is 3.92. The van der Waals surface area contributed by atoms with Gasteiger partial charge in [-0.2, -0.15) is 0 Å². The summed E-state index contributed by atoms with van der Waals surface area (Å²) in [5.41, 5.74) is 3.89. The van der Waals surface area contributed by atoms with Crippen molar-refractivity contribution < 1.29 is 0 Å². The Morgan fingerprint density at radius 1 is 1.26 bits per heavy atom. The third-order valence-electron chi connectivity index (χ3n) is 3.92. The van der Waals surface area contributed by atoms with E-state index in [-0.39, 0.29) is 5.56 Å². The monoisotopic (exact) mass is 314 g/mol. The number of unbranched alkanes of at least 4 members (excludes halogenated alkanes) is 1. The molecular formula is C18H26N4O. The Morgan fingerprint density at radius 2 is 2.00 bits per heavy atom. The average Bonchev–Trinajstić information content (AvgIpc) is 2.52. The number of anilines is 2. The molecule has 0 aliphatic carbocycles. The highest BCUT2D eigenvalue weighted by molar-refractivity contribution is 5.53. The minimum atomic E-state index is -0.0330. The van der Waals surface area contributed by atoms with Crippen molar-refractivity contribution in [3.05, 3.63) is 51.4 Å². The third kappa shape index (κ3) is 4.34. The maximum atomic E-state index is 12.2. The predicted octanol–water partition coefficient (Wildman–Crippen LogP) is 3.10. The minimum Gasteiger partial charge on any atom is -0.377 e. The van der Waals surface area contributed by atoms with Crippen LogP contribution in [0.1, 0.15) is 36.6 Å². The van der Waals surface area contributed by atoms with Crippen LogP contribution in [0.2, 0.25) is 0 Å². The summed E-state index contributed by atoms with van der Waals surface area (Å²) in [7, 11) is 4.04. The first kappa shape index (κ1) is 17.1. The number of benzene rings is 1. The van der Waals surface area contributed by atoms with Crippen LogP contribution in [0.5, 0.6) is 0 Å². The Hall–Kier alpha value is -2.30. The van der Waals surface area contributed by atoms with Crippen LogP contribution in [-0.2, 0) is 13.0 Å². The van der Waals surface area contributed by atoms with Crippen molar-refractivity contribution >= 4 is 11.6 Å². The Bertz CT molecular complexity index is 706. The normalized spacial score (nSPS) is 10.6. The second-order valence-corrected chi connectivity index (χ2v) is 5.96. The second kappa shape index (κ2) is 7.81. The molecule has 1 aromatic heterocycles. The molecule has 1 aromatic carbocycles. The smallest absolute Gasteiger partial charge is 0.255 e. The van der Waals surface area contributed by atoms with Gasteiger partial charge in [0.05, 0.1) is 0 Å². The standard InChI is InChI=1S/C18H26N4O/c1-5-6-10-15-13(2)20-18(21-17(15)23)19-12-14-9-7-8-11-16(14)22(3)4/h7-9,11H,5-6,10,12H2,1-4H3,(H2,19,20,21,23). The van der Waals surface area contributed by atoms with Crippen molar-refractivity contribution in [2.75, 3.05) is 24.3 Å². The Morgan fingerprint density at radius 3 is 2.65 bits per heavy atom. The van der Waals surface area contributed by atoms with E-state index in [0.717, 1.165) is 41.8 Å². The molecule has 0 aliphatic rings. The van der Waals surface area contributed by atoms with Crippen LogP contribution in [-0.4, -0.2) is 24.1 Å². The Balaban J connectivity index is 2.14. The second-order valence-electron chi connectivity index (χ2n) is 5.96. The van der Waals surface area contributed by atoms with E-state index >= 15 is 0 Å². The fourth-order valence-corrected chi connectivity index (χ4v) is 2.62. The first-order valence-corrected chi connectivity index (χ1v) is 8.11. The fourth-order valence-electron chi connectivity index (χ4n) is 2.62. The van der Waals surface area contributed by atoms with Gasteiger partial charge >= 0.3 is 0 Å². The van der Waals surface area contributed by atoms with Crippen LogP contribution in [0.4, 0.5) is 11.6 Å². The molecule has 0 bridgehead atoms. The van der Waals surface area contributed by atoms with E-state index in [9.17, 15) is 4.79 Å². The minimum absolute atomic E-state index is 0.0330. The van der Waals surface area contributed by atoms with Gasteiger partial charge in [0.25, 0.3) is 5.56 Å². The van der Waals surface area contributed by atoms with Crippen molar-refractivity contribution in [2.24, 2.45) is 0 Å². The average molecular weight is 314 g/mol. The molecule has 0 spiro atoms. The molecule has 2 aromatic rings. The number of H-pyrrole nitrogens is 1. The van der Waals surface area contributed by atoms with Crippen LogP contribution in [0.15, 0.2) is 29.1 Å². The summed E-state index contributed by atoms with van der Waals surface area (Å²) in [6.07, 6.45) is 2.86. The fraction of sp³-hybridized carbons (Fsp3) is 0.444. The van der Waals surface area contributed by atoms with E-state index < -0.39 is 0 Å². The maximum absolute atomic E-state index is 12.2. The molecule has 0 radical (unpaired) electrons. The number of nitrogens with one attached hydrogen (secondary N) is 2. The number of rotatable bonds is 7. The molecule has 0 unspecified atom stereocenters. The molecule has 2 rings (SSSR count). The van der Waals surface area contributed by atoms with Gasteiger partial charge in [0.2, 0.25) is 5.95 Å². The van der Waals surface area contributed by atoms with Crippen LogP contribution in [0.3, 0.4) is 0 Å². The Labute approximate surface area is 137 Å². The number of para-hydroxylation sites is 1. The van der Waals surface area contributed by atoms with Crippen LogP contribution >= 0.6 is 0 Å². The number of aromatic nitrogens is 2. The molecule has 0 saturated carbocycles. The lowest BCUT2D eigenvalue weighted by Gasteiger charge is -2.18. The zero-order chi connectivity index (χ0) is 16.8. The molecule has 5 heteroatoms. The number of hydrogen-bond donors (Lipinski definition) is 2. The lowest BCUT2D eigenvalue weighted by molar-refractivity contribution is 0.773. The van der Waals surface area contributed by atoms with Crippen molar-refractivity contribution in [1.29, 1.82) is 0 Å². The number of aryl methyl sites for hydroxylation is 1. The highest BCUT2D eigenvalue weighted by Crippen LogP contribution is 2.18. The van der Waals surface area contributed by atoms with E-state index in [1.165, 1.54) is 0 Å². The Kier molecular flexibility index (Phi) is 5.79. The molecule has 124 valence electrons. The van der Waals surface area contributed by atoms with Gasteiger partial charge in [0.15, 0.2) is 0 Å². The summed E-state index contributed by atoms with van der Waals surface area (Å²) in [5, 5.41) is 3.23. The van der Waals surface area contributed by atoms with Crippen molar-refractivity contribution in [1.82, 2.24) is 9.97 Å². The van der Waals surface area contributed by atoms with Crippen molar-refractivity contribution in [3.63, 3.8) is 0 Å². The molecule has 0 aliphatic heterocycles. The number of hydrogen-bond acceptors (Lipinski definition) is 4. The molecule has 23 heavy (non-hydrogen) atoms. The summed E-state index contributed by atoms with van der Waals surface area (Å²) in [6.45, 7) is 4.64. The lowest BCUT2D eigenvalue weighted by Crippen LogP contribution is -2.20. The summed E-state index contributed by atoms with van der Waals surface area (Å²) < 4.78 is 0. The van der Waals surface area contributed by atoms with Gasteiger partial charge in [0.1, 0.15) is 0 Å².